The van der Waals surface area contributed by atoms with Crippen LogP contribution in [0.1, 0.15) is 55.1 Å². The molecule has 0 radical (unpaired) electrons. The number of amides is 3. The third-order valence-corrected chi connectivity index (χ3v) is 5.16. The second-order valence-electron chi connectivity index (χ2n) is 7.26. The van der Waals surface area contributed by atoms with E-state index in [-0.39, 0.29) is 11.8 Å². The largest absolute Gasteiger partial charge is 0.497 e. The Morgan fingerprint density at radius 3 is 2.59 bits per heavy atom. The molecule has 1 unspecified atom stereocenters. The van der Waals surface area contributed by atoms with E-state index in [2.05, 4.69) is 10.6 Å². The molecule has 1 fully saturated rings. The fourth-order valence-electron chi connectivity index (χ4n) is 3.47. The molecule has 1 heterocycles. The first-order valence-electron chi connectivity index (χ1n) is 9.78. The van der Waals surface area contributed by atoms with Crippen LogP contribution in [0.4, 0.5) is 4.79 Å². The van der Waals surface area contributed by atoms with Crippen molar-refractivity contribution in [1.82, 2.24) is 10.6 Å². The van der Waals surface area contributed by atoms with Crippen molar-refractivity contribution in [2.24, 2.45) is 0 Å². The number of hydrogen-bond acceptors (Lipinski definition) is 6. The highest BCUT2D eigenvalue weighted by Crippen LogP contribution is 2.29. The number of furan rings is 1. The summed E-state index contributed by atoms with van der Waals surface area (Å²) in [6.07, 6.45) is 3.96. The van der Waals surface area contributed by atoms with Crippen LogP contribution in [0.15, 0.2) is 22.6 Å². The molecule has 0 bridgehead atoms. The minimum Gasteiger partial charge on any atom is -0.497 e. The maximum absolute atomic E-state index is 12.5. The van der Waals surface area contributed by atoms with Crippen molar-refractivity contribution in [3.63, 3.8) is 0 Å². The lowest BCUT2D eigenvalue weighted by Crippen LogP contribution is -2.48. The van der Waals surface area contributed by atoms with Gasteiger partial charge in [0.1, 0.15) is 11.3 Å². The highest BCUT2D eigenvalue weighted by molar-refractivity contribution is 6.00. The number of urea groups is 1. The van der Waals surface area contributed by atoms with Gasteiger partial charge in [-0.15, -0.1) is 0 Å². The Morgan fingerprint density at radius 1 is 1.17 bits per heavy atom. The standard InChI is InChI=1S/C21H26N2O6/c1-12-16-11-15(27-3)9-10-17(16)29-18(12)20(25)28-13(2)19(24)23-21(26)22-14-7-5-4-6-8-14/h9-11,13-14H,4-8H2,1-3H3,(H2,22,23,24,26). The third kappa shape index (κ3) is 4.88. The van der Waals surface area contributed by atoms with Crippen molar-refractivity contribution in [2.45, 2.75) is 58.1 Å². The van der Waals surface area contributed by atoms with Crippen molar-refractivity contribution >= 4 is 28.9 Å². The zero-order chi connectivity index (χ0) is 21.0. The molecular weight excluding hydrogens is 376 g/mol. The van der Waals surface area contributed by atoms with Gasteiger partial charge in [0.25, 0.3) is 5.91 Å². The van der Waals surface area contributed by atoms with Crippen molar-refractivity contribution < 1.29 is 28.3 Å². The molecule has 0 aliphatic heterocycles. The normalized spacial score (nSPS) is 15.6. The van der Waals surface area contributed by atoms with E-state index in [1.807, 2.05) is 0 Å². The molecule has 8 heteroatoms. The second-order valence-corrected chi connectivity index (χ2v) is 7.26. The van der Waals surface area contributed by atoms with Crippen molar-refractivity contribution in [3.05, 3.63) is 29.5 Å². The zero-order valence-electron chi connectivity index (χ0n) is 16.9. The average Bonchev–Trinajstić information content (AvgIpc) is 3.04. The predicted molar refractivity (Wildman–Crippen MR) is 106 cm³/mol. The number of hydrogen-bond donors (Lipinski definition) is 2. The van der Waals surface area contributed by atoms with Crippen LogP contribution in [0.5, 0.6) is 5.75 Å². The van der Waals surface area contributed by atoms with Crippen LogP contribution in [0.2, 0.25) is 0 Å². The van der Waals surface area contributed by atoms with Gasteiger partial charge in [0.05, 0.1) is 7.11 Å². The summed E-state index contributed by atoms with van der Waals surface area (Å²) < 4.78 is 16.0. The van der Waals surface area contributed by atoms with Crippen LogP contribution in [-0.4, -0.2) is 37.2 Å². The Labute approximate surface area is 168 Å². The van der Waals surface area contributed by atoms with Gasteiger partial charge >= 0.3 is 12.0 Å². The Morgan fingerprint density at radius 2 is 1.90 bits per heavy atom. The molecule has 156 valence electrons. The summed E-state index contributed by atoms with van der Waals surface area (Å²) in [4.78, 5) is 36.7. The molecule has 1 saturated carbocycles. The van der Waals surface area contributed by atoms with Crippen LogP contribution < -0.4 is 15.4 Å². The van der Waals surface area contributed by atoms with Gasteiger partial charge in [-0.3, -0.25) is 10.1 Å². The smallest absolute Gasteiger partial charge is 0.375 e. The summed E-state index contributed by atoms with van der Waals surface area (Å²) in [5, 5.41) is 5.73. The number of nitrogens with one attached hydrogen (secondary N) is 2. The maximum atomic E-state index is 12.5. The maximum Gasteiger partial charge on any atom is 0.375 e. The molecule has 8 nitrogen and oxygen atoms in total. The molecule has 3 rings (SSSR count). The van der Waals surface area contributed by atoms with Crippen LogP contribution >= 0.6 is 0 Å². The first-order valence-corrected chi connectivity index (χ1v) is 9.78. The Hall–Kier alpha value is -3.03. The Bertz CT molecular complexity index is 913. The van der Waals surface area contributed by atoms with E-state index in [1.165, 1.54) is 13.3 Å². The van der Waals surface area contributed by atoms with E-state index < -0.39 is 24.0 Å². The van der Waals surface area contributed by atoms with E-state index in [9.17, 15) is 14.4 Å². The lowest BCUT2D eigenvalue weighted by atomic mass is 9.96. The molecule has 2 N–H and O–H groups in total. The molecule has 2 aromatic rings. The zero-order valence-corrected chi connectivity index (χ0v) is 16.9. The van der Waals surface area contributed by atoms with E-state index in [0.29, 0.717) is 16.9 Å². The summed E-state index contributed by atoms with van der Waals surface area (Å²) in [5.74, 6) is -0.812. The van der Waals surface area contributed by atoms with Gasteiger partial charge in [-0.1, -0.05) is 19.3 Å². The monoisotopic (exact) mass is 402 g/mol. The third-order valence-electron chi connectivity index (χ3n) is 5.16. The molecule has 3 amide bonds. The minimum atomic E-state index is -1.15. The number of imide groups is 1. The molecule has 1 aliphatic rings. The van der Waals surface area contributed by atoms with Crippen LogP contribution in [0.3, 0.4) is 0 Å². The van der Waals surface area contributed by atoms with Gasteiger partial charge in [-0.25, -0.2) is 9.59 Å². The van der Waals surface area contributed by atoms with E-state index in [4.69, 9.17) is 13.9 Å². The highest BCUT2D eigenvalue weighted by Gasteiger charge is 2.26. The molecule has 0 spiro atoms. The molecule has 1 aromatic carbocycles. The molecule has 1 atom stereocenters. The summed E-state index contributed by atoms with van der Waals surface area (Å²) in [6.45, 7) is 3.13. The molecular formula is C21H26N2O6. The summed E-state index contributed by atoms with van der Waals surface area (Å²) >= 11 is 0. The topological polar surface area (TPSA) is 107 Å². The van der Waals surface area contributed by atoms with Gasteiger partial charge in [0.15, 0.2) is 6.10 Å². The summed E-state index contributed by atoms with van der Waals surface area (Å²) in [5.41, 5.74) is 1.10. The molecule has 0 saturated heterocycles. The van der Waals surface area contributed by atoms with Crippen molar-refractivity contribution in [3.8, 4) is 5.75 Å². The number of rotatable bonds is 5. The predicted octanol–water partition coefficient (Wildman–Crippen LogP) is 3.45. The van der Waals surface area contributed by atoms with E-state index in [1.54, 1.807) is 32.2 Å². The van der Waals surface area contributed by atoms with Gasteiger partial charge in [-0.2, -0.15) is 0 Å². The fourth-order valence-corrected chi connectivity index (χ4v) is 3.47. The highest BCUT2D eigenvalue weighted by atomic mass is 16.6. The number of carbonyl (C=O) groups is 3. The number of ether oxygens (including phenoxy) is 2. The Balaban J connectivity index is 1.59. The van der Waals surface area contributed by atoms with Crippen LogP contribution in [0.25, 0.3) is 11.0 Å². The second kappa shape index (κ2) is 8.98. The van der Waals surface area contributed by atoms with Gasteiger partial charge in [0, 0.05) is 17.0 Å². The number of carbonyl (C=O) groups excluding carboxylic acids is 3. The fraction of sp³-hybridized carbons (Fsp3) is 0.476. The number of methoxy groups -OCH3 is 1. The number of benzene rings is 1. The molecule has 1 aromatic heterocycles. The number of fused-ring (bicyclic) bond motifs is 1. The number of esters is 1. The molecule has 29 heavy (non-hydrogen) atoms. The van der Waals surface area contributed by atoms with Crippen LogP contribution in [-0.2, 0) is 9.53 Å². The van der Waals surface area contributed by atoms with E-state index in [0.717, 1.165) is 31.1 Å². The summed E-state index contributed by atoms with van der Waals surface area (Å²) in [7, 11) is 1.55. The van der Waals surface area contributed by atoms with Gasteiger partial charge < -0.3 is 19.2 Å². The molecule has 1 aliphatic carbocycles. The van der Waals surface area contributed by atoms with Crippen molar-refractivity contribution in [2.75, 3.05) is 7.11 Å². The van der Waals surface area contributed by atoms with E-state index >= 15 is 0 Å². The Kier molecular flexibility index (Phi) is 6.41. The SMILES string of the molecule is COc1ccc2oc(C(=O)OC(C)C(=O)NC(=O)NC3CCCCC3)c(C)c2c1. The van der Waals surface area contributed by atoms with Crippen LogP contribution in [0, 0.1) is 6.92 Å². The lowest BCUT2D eigenvalue weighted by Gasteiger charge is -2.23. The lowest BCUT2D eigenvalue weighted by molar-refractivity contribution is -0.128. The first-order chi connectivity index (χ1) is 13.9. The quantitative estimate of drug-likeness (QED) is 0.742. The number of aryl methyl sites for hydroxylation is 1. The van der Waals surface area contributed by atoms with Gasteiger partial charge in [0.2, 0.25) is 5.76 Å². The van der Waals surface area contributed by atoms with Gasteiger partial charge in [-0.05, 0) is 44.9 Å². The summed E-state index contributed by atoms with van der Waals surface area (Å²) in [6, 6.07) is 4.68. The average molecular weight is 402 g/mol. The van der Waals surface area contributed by atoms with Crippen molar-refractivity contribution in [1.29, 1.82) is 0 Å². The first kappa shape index (κ1) is 20.7. The minimum absolute atomic E-state index is 0.0135.